The summed E-state index contributed by atoms with van der Waals surface area (Å²) in [7, 11) is 1.13. The molecule has 2 heterocycles. The van der Waals surface area contributed by atoms with Gasteiger partial charge < -0.3 is 34.6 Å². The van der Waals surface area contributed by atoms with Gasteiger partial charge >= 0.3 is 17.9 Å². The summed E-state index contributed by atoms with van der Waals surface area (Å²) in [6, 6.07) is 1.17. The Balaban J connectivity index is 2.53. The first-order chi connectivity index (χ1) is 8.68. The Morgan fingerprint density at radius 2 is 1.89 bits per heavy atom. The van der Waals surface area contributed by atoms with Crippen molar-refractivity contribution < 1.29 is 39.4 Å². The van der Waals surface area contributed by atoms with Gasteiger partial charge in [-0.1, -0.05) is 0 Å². The molecule has 1 aromatic rings. The maximum atomic E-state index is 11.3. The van der Waals surface area contributed by atoms with E-state index in [2.05, 4.69) is 35.1 Å². The standard InChI is InChI=1S/C9H8BrNO8/c1-17-7(12)4-2-3(10)5-6(11-4)19-9(15,16)8(13,14)18-5/h2,13-16H,1H3. The summed E-state index contributed by atoms with van der Waals surface area (Å²) in [6.45, 7) is 0. The average molecular weight is 338 g/mol. The number of aromatic nitrogens is 1. The van der Waals surface area contributed by atoms with Crippen molar-refractivity contribution in [1.82, 2.24) is 4.98 Å². The van der Waals surface area contributed by atoms with Crippen LogP contribution in [0, 0.1) is 0 Å². The van der Waals surface area contributed by atoms with Crippen LogP contribution in [0.1, 0.15) is 10.5 Å². The SMILES string of the molecule is COC(=O)c1cc(Br)c2c(n1)OC(O)(O)C(O)(O)O2. The van der Waals surface area contributed by atoms with E-state index in [1.165, 1.54) is 6.07 Å². The molecule has 104 valence electrons. The zero-order valence-corrected chi connectivity index (χ0v) is 10.9. The third kappa shape index (κ3) is 2.24. The fourth-order valence-electron chi connectivity index (χ4n) is 1.26. The van der Waals surface area contributed by atoms with Gasteiger partial charge in [-0.25, -0.2) is 9.78 Å². The second-order valence-corrected chi connectivity index (χ2v) is 4.39. The van der Waals surface area contributed by atoms with E-state index in [0.717, 1.165) is 7.11 Å². The Labute approximate surface area is 114 Å². The predicted octanol–water partition coefficient (Wildman–Crippen LogP) is -1.32. The van der Waals surface area contributed by atoms with Crippen molar-refractivity contribution in [3.05, 3.63) is 16.2 Å². The zero-order valence-electron chi connectivity index (χ0n) is 9.32. The first kappa shape index (κ1) is 14.0. The summed E-state index contributed by atoms with van der Waals surface area (Å²) >= 11 is 2.98. The van der Waals surface area contributed by atoms with Crippen molar-refractivity contribution in [3.63, 3.8) is 0 Å². The summed E-state index contributed by atoms with van der Waals surface area (Å²) in [4.78, 5) is 14.9. The number of ether oxygens (including phenoxy) is 3. The lowest BCUT2D eigenvalue weighted by Crippen LogP contribution is -2.64. The maximum Gasteiger partial charge on any atom is 0.423 e. The van der Waals surface area contributed by atoms with Crippen LogP contribution in [0.5, 0.6) is 11.6 Å². The summed E-state index contributed by atoms with van der Waals surface area (Å²) in [5.41, 5.74) is -0.212. The number of pyridine rings is 1. The molecule has 0 aliphatic carbocycles. The number of hydrogen-bond donors (Lipinski definition) is 4. The van der Waals surface area contributed by atoms with Gasteiger partial charge in [-0.15, -0.1) is 0 Å². The second-order valence-electron chi connectivity index (χ2n) is 3.54. The maximum absolute atomic E-state index is 11.3. The molecule has 19 heavy (non-hydrogen) atoms. The molecule has 0 aromatic carbocycles. The minimum Gasteiger partial charge on any atom is -0.464 e. The number of aliphatic hydroxyl groups is 4. The van der Waals surface area contributed by atoms with Gasteiger partial charge in [0, 0.05) is 0 Å². The highest BCUT2D eigenvalue weighted by molar-refractivity contribution is 9.10. The van der Waals surface area contributed by atoms with Crippen molar-refractivity contribution >= 4 is 21.9 Å². The molecule has 1 aliphatic rings. The topological polar surface area (TPSA) is 139 Å². The summed E-state index contributed by atoms with van der Waals surface area (Å²) in [5, 5.41) is 37.1. The molecule has 0 bridgehead atoms. The van der Waals surface area contributed by atoms with Gasteiger partial charge in [0.1, 0.15) is 0 Å². The molecule has 2 rings (SSSR count). The molecular formula is C9H8BrNO8. The molecule has 0 fully saturated rings. The number of hydrogen-bond acceptors (Lipinski definition) is 9. The quantitative estimate of drug-likeness (QED) is 0.363. The fourth-order valence-corrected chi connectivity index (χ4v) is 1.73. The zero-order chi connectivity index (χ0) is 14.4. The van der Waals surface area contributed by atoms with E-state index >= 15 is 0 Å². The van der Waals surface area contributed by atoms with Gasteiger partial charge in [0.2, 0.25) is 5.75 Å². The van der Waals surface area contributed by atoms with Crippen molar-refractivity contribution in [2.24, 2.45) is 0 Å². The first-order valence-corrected chi connectivity index (χ1v) is 5.53. The Morgan fingerprint density at radius 3 is 2.47 bits per heavy atom. The highest BCUT2D eigenvalue weighted by Gasteiger charge is 2.58. The van der Waals surface area contributed by atoms with Crippen LogP contribution in [0.25, 0.3) is 0 Å². The molecule has 0 unspecified atom stereocenters. The number of fused-ring (bicyclic) bond motifs is 1. The van der Waals surface area contributed by atoms with Crippen molar-refractivity contribution in [2.75, 3.05) is 7.11 Å². The van der Waals surface area contributed by atoms with E-state index in [9.17, 15) is 25.2 Å². The molecule has 1 aromatic heterocycles. The van der Waals surface area contributed by atoms with Gasteiger partial charge in [0.15, 0.2) is 5.69 Å². The molecule has 0 spiro atoms. The Kier molecular flexibility index (Phi) is 3.15. The smallest absolute Gasteiger partial charge is 0.423 e. The number of nitrogens with zero attached hydrogens (tertiary/aromatic N) is 1. The second kappa shape index (κ2) is 4.28. The fraction of sp³-hybridized carbons (Fsp3) is 0.333. The summed E-state index contributed by atoms with van der Waals surface area (Å²) in [6.07, 6.45) is 0. The predicted molar refractivity (Wildman–Crippen MR) is 58.9 cm³/mol. The van der Waals surface area contributed by atoms with Crippen LogP contribution in [0.3, 0.4) is 0 Å². The van der Waals surface area contributed by atoms with Crippen LogP contribution in [0.15, 0.2) is 10.5 Å². The molecule has 0 saturated heterocycles. The van der Waals surface area contributed by atoms with Crippen molar-refractivity contribution in [3.8, 4) is 11.6 Å². The Morgan fingerprint density at radius 1 is 1.32 bits per heavy atom. The molecule has 10 heteroatoms. The van der Waals surface area contributed by atoms with Gasteiger partial charge in [0.25, 0.3) is 5.88 Å². The number of carbonyl (C=O) groups excluding carboxylic acids is 1. The van der Waals surface area contributed by atoms with Crippen LogP contribution >= 0.6 is 15.9 Å². The summed E-state index contributed by atoms with van der Waals surface area (Å²) < 4.78 is 13.5. The third-order valence-electron chi connectivity index (χ3n) is 2.20. The van der Waals surface area contributed by atoms with E-state index in [1.807, 2.05) is 0 Å². The monoisotopic (exact) mass is 337 g/mol. The molecule has 0 radical (unpaired) electrons. The van der Waals surface area contributed by atoms with Crippen molar-refractivity contribution in [1.29, 1.82) is 0 Å². The highest BCUT2D eigenvalue weighted by atomic mass is 79.9. The third-order valence-corrected chi connectivity index (χ3v) is 2.79. The van der Waals surface area contributed by atoms with E-state index in [4.69, 9.17) is 0 Å². The lowest BCUT2D eigenvalue weighted by molar-refractivity contribution is -0.501. The number of methoxy groups -OCH3 is 1. The van der Waals surface area contributed by atoms with Crippen LogP contribution in [-0.4, -0.2) is 50.4 Å². The van der Waals surface area contributed by atoms with Crippen LogP contribution in [-0.2, 0) is 4.74 Å². The van der Waals surface area contributed by atoms with Gasteiger partial charge in [0.05, 0.1) is 11.6 Å². The van der Waals surface area contributed by atoms with E-state index < -0.39 is 23.8 Å². The number of esters is 1. The highest BCUT2D eigenvalue weighted by Crippen LogP contribution is 2.43. The lowest BCUT2D eigenvalue weighted by Gasteiger charge is -2.37. The van der Waals surface area contributed by atoms with Crippen molar-refractivity contribution in [2.45, 2.75) is 11.9 Å². The largest absolute Gasteiger partial charge is 0.464 e. The summed E-state index contributed by atoms with van der Waals surface area (Å²) in [5.74, 6) is -8.52. The van der Waals surface area contributed by atoms with Gasteiger partial charge in [-0.3, -0.25) is 0 Å². The van der Waals surface area contributed by atoms with Crippen LogP contribution in [0.4, 0.5) is 0 Å². The van der Waals surface area contributed by atoms with Gasteiger partial charge in [-0.2, -0.15) is 0 Å². The minimum absolute atomic E-state index is 0.0703. The molecule has 9 nitrogen and oxygen atoms in total. The Hall–Kier alpha value is -1.46. The van der Waals surface area contributed by atoms with E-state index in [1.54, 1.807) is 0 Å². The molecule has 1 aliphatic heterocycles. The number of rotatable bonds is 1. The van der Waals surface area contributed by atoms with Crippen LogP contribution in [0.2, 0.25) is 0 Å². The minimum atomic E-state index is -3.46. The van der Waals surface area contributed by atoms with E-state index in [-0.39, 0.29) is 15.9 Å². The number of halogens is 1. The number of carbonyl (C=O) groups is 1. The van der Waals surface area contributed by atoms with E-state index in [0.29, 0.717) is 0 Å². The average Bonchev–Trinajstić information content (AvgIpc) is 2.30. The van der Waals surface area contributed by atoms with Gasteiger partial charge in [-0.05, 0) is 22.0 Å². The molecule has 0 amide bonds. The van der Waals surface area contributed by atoms with Crippen LogP contribution < -0.4 is 9.47 Å². The molecular weight excluding hydrogens is 330 g/mol. The Bertz CT molecular complexity index is 543. The molecule has 4 N–H and O–H groups in total. The first-order valence-electron chi connectivity index (χ1n) is 4.74. The molecule has 0 saturated carbocycles. The lowest BCUT2D eigenvalue weighted by atomic mass is 10.3. The molecule has 0 atom stereocenters. The normalized spacial score (nSPS) is 18.8.